The van der Waals surface area contributed by atoms with Gasteiger partial charge < -0.3 is 25.2 Å². The Morgan fingerprint density at radius 3 is 0.960 bits per heavy atom. The first-order valence-corrected chi connectivity index (χ1v) is 6.58. The number of carbonyl (C=O) groups is 4. The molecule has 25 heavy (non-hydrogen) atoms. The standard InChI is InChI=1S/C16H10O9/c17-13(18)7-1-8(14(19)20)4-11(3-7)25-12-5-9(15(21)22)2-10(6-12)16(23)24/h1-6H,(H,17,18)(H,19,20)(H,21,22)(H,23,24). The molecular formula is C16H10O9. The molecule has 0 fully saturated rings. The molecule has 2 aromatic rings. The van der Waals surface area contributed by atoms with Gasteiger partial charge in [-0.2, -0.15) is 0 Å². The van der Waals surface area contributed by atoms with Crippen molar-refractivity contribution in [3.8, 4) is 11.5 Å². The third kappa shape index (κ3) is 4.10. The average molecular weight is 346 g/mol. The maximum absolute atomic E-state index is 11.1. The highest BCUT2D eigenvalue weighted by Gasteiger charge is 2.15. The van der Waals surface area contributed by atoms with Crippen molar-refractivity contribution in [2.45, 2.75) is 0 Å². The Balaban J connectivity index is 2.51. The van der Waals surface area contributed by atoms with Crippen molar-refractivity contribution in [2.75, 3.05) is 0 Å². The van der Waals surface area contributed by atoms with Gasteiger partial charge in [0.15, 0.2) is 0 Å². The van der Waals surface area contributed by atoms with Gasteiger partial charge in [-0.25, -0.2) is 19.2 Å². The smallest absolute Gasteiger partial charge is 0.335 e. The summed E-state index contributed by atoms with van der Waals surface area (Å²) in [6.07, 6.45) is 0. The van der Waals surface area contributed by atoms with Crippen LogP contribution in [0.2, 0.25) is 0 Å². The SMILES string of the molecule is O=C(O)c1cc(Oc2cc(C(=O)O)cc(C(=O)O)c2)cc(C(=O)O)c1. The quantitative estimate of drug-likeness (QED) is 0.615. The van der Waals surface area contributed by atoms with E-state index in [1.165, 1.54) is 0 Å². The lowest BCUT2D eigenvalue weighted by molar-refractivity contribution is 0.0676. The van der Waals surface area contributed by atoms with Crippen molar-refractivity contribution < 1.29 is 44.3 Å². The predicted molar refractivity (Wildman–Crippen MR) is 80.8 cm³/mol. The van der Waals surface area contributed by atoms with E-state index in [0.717, 1.165) is 36.4 Å². The van der Waals surface area contributed by atoms with E-state index in [1.807, 2.05) is 0 Å². The second kappa shape index (κ2) is 6.71. The van der Waals surface area contributed by atoms with Crippen LogP contribution in [-0.2, 0) is 0 Å². The lowest BCUT2D eigenvalue weighted by Gasteiger charge is -2.10. The van der Waals surface area contributed by atoms with Crippen LogP contribution in [0.1, 0.15) is 41.4 Å². The molecule has 0 aliphatic carbocycles. The monoisotopic (exact) mass is 346 g/mol. The number of aromatic carboxylic acids is 4. The maximum Gasteiger partial charge on any atom is 0.335 e. The van der Waals surface area contributed by atoms with Crippen LogP contribution in [0.5, 0.6) is 11.5 Å². The number of hydrogen-bond acceptors (Lipinski definition) is 5. The second-order valence-corrected chi connectivity index (χ2v) is 4.81. The van der Waals surface area contributed by atoms with Crippen molar-refractivity contribution in [2.24, 2.45) is 0 Å². The van der Waals surface area contributed by atoms with Crippen LogP contribution >= 0.6 is 0 Å². The second-order valence-electron chi connectivity index (χ2n) is 4.81. The van der Waals surface area contributed by atoms with Gasteiger partial charge >= 0.3 is 23.9 Å². The van der Waals surface area contributed by atoms with Gasteiger partial charge in [0, 0.05) is 0 Å². The van der Waals surface area contributed by atoms with Gasteiger partial charge in [0.2, 0.25) is 0 Å². The zero-order valence-corrected chi connectivity index (χ0v) is 12.3. The van der Waals surface area contributed by atoms with Crippen LogP contribution in [0.3, 0.4) is 0 Å². The lowest BCUT2D eigenvalue weighted by Crippen LogP contribution is -2.05. The molecule has 0 heterocycles. The molecule has 0 bridgehead atoms. The van der Waals surface area contributed by atoms with Crippen molar-refractivity contribution in [3.05, 3.63) is 58.7 Å². The van der Waals surface area contributed by atoms with E-state index in [4.69, 9.17) is 25.2 Å². The van der Waals surface area contributed by atoms with Gasteiger partial charge in [0.05, 0.1) is 22.3 Å². The minimum Gasteiger partial charge on any atom is -0.478 e. The summed E-state index contributed by atoms with van der Waals surface area (Å²) in [6.45, 7) is 0. The normalized spacial score (nSPS) is 10.1. The highest BCUT2D eigenvalue weighted by Crippen LogP contribution is 2.26. The fourth-order valence-electron chi connectivity index (χ4n) is 1.95. The third-order valence-corrected chi connectivity index (χ3v) is 3.04. The number of ether oxygens (including phenoxy) is 1. The summed E-state index contributed by atoms with van der Waals surface area (Å²) >= 11 is 0. The van der Waals surface area contributed by atoms with Crippen LogP contribution in [0.15, 0.2) is 36.4 Å². The third-order valence-electron chi connectivity index (χ3n) is 3.04. The summed E-state index contributed by atoms with van der Waals surface area (Å²) in [5.74, 6) is -5.96. The van der Waals surface area contributed by atoms with Crippen molar-refractivity contribution >= 4 is 23.9 Å². The number of benzene rings is 2. The van der Waals surface area contributed by atoms with Gasteiger partial charge in [-0.3, -0.25) is 0 Å². The molecule has 0 amide bonds. The summed E-state index contributed by atoms with van der Waals surface area (Å²) in [7, 11) is 0. The van der Waals surface area contributed by atoms with E-state index >= 15 is 0 Å². The molecule has 0 spiro atoms. The largest absolute Gasteiger partial charge is 0.478 e. The van der Waals surface area contributed by atoms with E-state index in [1.54, 1.807) is 0 Å². The highest BCUT2D eigenvalue weighted by atomic mass is 16.5. The van der Waals surface area contributed by atoms with E-state index in [-0.39, 0.29) is 33.8 Å². The predicted octanol–water partition coefficient (Wildman–Crippen LogP) is 2.27. The van der Waals surface area contributed by atoms with Crippen LogP contribution in [0, 0.1) is 0 Å². The first-order valence-electron chi connectivity index (χ1n) is 6.58. The molecule has 2 aromatic carbocycles. The molecule has 2 rings (SSSR count). The summed E-state index contributed by atoms with van der Waals surface area (Å²) in [5.41, 5.74) is -1.43. The number of carboxylic acid groups (broad SMARTS) is 4. The molecule has 9 nitrogen and oxygen atoms in total. The van der Waals surface area contributed by atoms with Gasteiger partial charge in [-0.1, -0.05) is 0 Å². The summed E-state index contributed by atoms with van der Waals surface area (Å²) in [4.78, 5) is 44.3. The molecule has 4 N–H and O–H groups in total. The minimum absolute atomic E-state index is 0.198. The summed E-state index contributed by atoms with van der Waals surface area (Å²) < 4.78 is 5.29. The molecule has 0 aliphatic heterocycles. The Bertz CT molecular complexity index is 760. The molecule has 0 atom stereocenters. The van der Waals surface area contributed by atoms with Gasteiger partial charge in [0.25, 0.3) is 0 Å². The van der Waals surface area contributed by atoms with E-state index in [2.05, 4.69) is 0 Å². The molecule has 128 valence electrons. The minimum atomic E-state index is -1.39. The highest BCUT2D eigenvalue weighted by molar-refractivity contribution is 5.95. The first kappa shape index (κ1) is 17.5. The zero-order chi connectivity index (χ0) is 18.7. The molecule has 0 radical (unpaired) electrons. The molecule has 0 unspecified atom stereocenters. The Morgan fingerprint density at radius 1 is 0.520 bits per heavy atom. The molecular weight excluding hydrogens is 336 g/mol. The lowest BCUT2D eigenvalue weighted by atomic mass is 10.1. The fourth-order valence-corrected chi connectivity index (χ4v) is 1.95. The summed E-state index contributed by atoms with van der Waals surface area (Å²) in [5, 5.41) is 36.0. The van der Waals surface area contributed by atoms with E-state index in [0.29, 0.717) is 0 Å². The molecule has 0 aromatic heterocycles. The van der Waals surface area contributed by atoms with Crippen molar-refractivity contribution in [1.82, 2.24) is 0 Å². The molecule has 0 saturated carbocycles. The zero-order valence-electron chi connectivity index (χ0n) is 12.3. The first-order chi connectivity index (χ1) is 11.7. The Kier molecular flexibility index (Phi) is 4.69. The average Bonchev–Trinajstić information content (AvgIpc) is 2.53. The topological polar surface area (TPSA) is 158 Å². The van der Waals surface area contributed by atoms with Crippen LogP contribution in [0.25, 0.3) is 0 Å². The Morgan fingerprint density at radius 2 is 0.760 bits per heavy atom. The van der Waals surface area contributed by atoms with E-state index < -0.39 is 23.9 Å². The molecule has 0 saturated heterocycles. The number of carboxylic acids is 4. The van der Waals surface area contributed by atoms with Gasteiger partial charge in [-0.05, 0) is 36.4 Å². The van der Waals surface area contributed by atoms with Crippen LogP contribution in [-0.4, -0.2) is 44.3 Å². The fraction of sp³-hybridized carbons (Fsp3) is 0. The van der Waals surface area contributed by atoms with Gasteiger partial charge in [0.1, 0.15) is 11.5 Å². The Hall–Kier alpha value is -3.88. The number of hydrogen-bond donors (Lipinski definition) is 4. The van der Waals surface area contributed by atoms with Crippen molar-refractivity contribution in [1.29, 1.82) is 0 Å². The Labute approximate surface area is 139 Å². The molecule has 9 heteroatoms. The van der Waals surface area contributed by atoms with Crippen LogP contribution < -0.4 is 4.74 Å². The van der Waals surface area contributed by atoms with E-state index in [9.17, 15) is 19.2 Å². The van der Waals surface area contributed by atoms with Crippen LogP contribution in [0.4, 0.5) is 0 Å². The van der Waals surface area contributed by atoms with Crippen molar-refractivity contribution in [3.63, 3.8) is 0 Å². The number of rotatable bonds is 6. The summed E-state index contributed by atoms with van der Waals surface area (Å²) in [6, 6.07) is 5.97. The maximum atomic E-state index is 11.1. The molecule has 0 aliphatic rings. The van der Waals surface area contributed by atoms with Gasteiger partial charge in [-0.15, -0.1) is 0 Å².